The molecule has 1 aliphatic rings. The largest absolute Gasteiger partial charge is 0.495 e. The molecule has 0 aromatic heterocycles. The van der Waals surface area contributed by atoms with Gasteiger partial charge in [-0.3, -0.25) is 9.10 Å². The molecule has 0 unspecified atom stereocenters. The zero-order valence-corrected chi connectivity index (χ0v) is 14.9. The van der Waals surface area contributed by atoms with Gasteiger partial charge in [0.15, 0.2) is 0 Å². The summed E-state index contributed by atoms with van der Waals surface area (Å²) in [6.45, 7) is 6.41. The van der Waals surface area contributed by atoms with E-state index in [4.69, 9.17) is 4.74 Å². The number of amides is 1. The van der Waals surface area contributed by atoms with Gasteiger partial charge in [-0.2, -0.15) is 0 Å². The molecule has 6 nitrogen and oxygen atoms in total. The Bertz CT molecular complexity index is 693. The number of nitrogens with one attached hydrogen (secondary N) is 1. The van der Waals surface area contributed by atoms with Crippen LogP contribution in [0.15, 0.2) is 18.2 Å². The smallest absolute Gasteiger partial charge is 0.235 e. The van der Waals surface area contributed by atoms with Gasteiger partial charge >= 0.3 is 0 Å². The predicted molar refractivity (Wildman–Crippen MR) is 91.4 cm³/mol. The molecule has 1 heterocycles. The second kappa shape index (κ2) is 6.39. The maximum absolute atomic E-state index is 12.2. The molecular formula is C16H24N2O4S. The molecule has 1 aromatic carbocycles. The molecule has 1 N–H and O–H groups in total. The Balaban J connectivity index is 2.28. The summed E-state index contributed by atoms with van der Waals surface area (Å²) in [4.78, 5) is 12.2. The van der Waals surface area contributed by atoms with E-state index in [2.05, 4.69) is 5.32 Å². The van der Waals surface area contributed by atoms with Crippen molar-refractivity contribution in [2.45, 2.75) is 33.6 Å². The maximum atomic E-state index is 12.2. The van der Waals surface area contributed by atoms with E-state index in [9.17, 15) is 13.2 Å². The van der Waals surface area contributed by atoms with E-state index in [1.54, 1.807) is 18.2 Å². The summed E-state index contributed by atoms with van der Waals surface area (Å²) in [5.41, 5.74) is 0.906. The average molecular weight is 340 g/mol. The van der Waals surface area contributed by atoms with E-state index in [0.717, 1.165) is 0 Å². The molecule has 1 aliphatic heterocycles. The Morgan fingerprint density at radius 2 is 2.04 bits per heavy atom. The van der Waals surface area contributed by atoms with Crippen molar-refractivity contribution in [1.82, 2.24) is 0 Å². The molecule has 128 valence electrons. The maximum Gasteiger partial charge on any atom is 0.235 e. The van der Waals surface area contributed by atoms with Crippen molar-refractivity contribution in [3.63, 3.8) is 0 Å². The van der Waals surface area contributed by atoms with Crippen molar-refractivity contribution >= 4 is 27.3 Å². The van der Waals surface area contributed by atoms with Crippen molar-refractivity contribution < 1.29 is 17.9 Å². The van der Waals surface area contributed by atoms with E-state index in [0.29, 0.717) is 36.5 Å². The van der Waals surface area contributed by atoms with Gasteiger partial charge in [0.25, 0.3) is 0 Å². The summed E-state index contributed by atoms with van der Waals surface area (Å²) in [5.74, 6) is 0.537. The van der Waals surface area contributed by atoms with Crippen LogP contribution in [0.2, 0.25) is 0 Å². The molecule has 1 aromatic rings. The molecule has 2 rings (SSSR count). The summed E-state index contributed by atoms with van der Waals surface area (Å²) in [7, 11) is -1.74. The summed E-state index contributed by atoms with van der Waals surface area (Å²) < 4.78 is 30.7. The fourth-order valence-corrected chi connectivity index (χ4v) is 4.11. The Hall–Kier alpha value is -1.76. The van der Waals surface area contributed by atoms with Crippen LogP contribution in [-0.4, -0.2) is 33.7 Å². The van der Waals surface area contributed by atoms with Gasteiger partial charge in [0.2, 0.25) is 15.9 Å². The first-order chi connectivity index (χ1) is 10.6. The lowest BCUT2D eigenvalue weighted by Gasteiger charge is -2.21. The van der Waals surface area contributed by atoms with Gasteiger partial charge < -0.3 is 10.1 Å². The lowest BCUT2D eigenvalue weighted by molar-refractivity contribution is -0.117. The Morgan fingerprint density at radius 1 is 1.35 bits per heavy atom. The summed E-state index contributed by atoms with van der Waals surface area (Å²) in [5, 5.41) is 2.82. The first kappa shape index (κ1) is 17.6. The molecule has 1 saturated heterocycles. The van der Waals surface area contributed by atoms with E-state index in [1.807, 2.05) is 20.8 Å². The van der Waals surface area contributed by atoms with Crippen molar-refractivity contribution in [1.29, 1.82) is 0 Å². The van der Waals surface area contributed by atoms with Gasteiger partial charge in [-0.25, -0.2) is 8.42 Å². The van der Waals surface area contributed by atoms with Crippen molar-refractivity contribution in [2.24, 2.45) is 5.41 Å². The fraction of sp³-hybridized carbons (Fsp3) is 0.562. The molecule has 1 amide bonds. The first-order valence-corrected chi connectivity index (χ1v) is 9.22. The quantitative estimate of drug-likeness (QED) is 0.914. The van der Waals surface area contributed by atoms with Crippen LogP contribution in [-0.2, 0) is 14.8 Å². The number of hydrogen-bond acceptors (Lipinski definition) is 4. The van der Waals surface area contributed by atoms with Crippen molar-refractivity contribution in [2.75, 3.05) is 29.0 Å². The number of sulfonamides is 1. The summed E-state index contributed by atoms with van der Waals surface area (Å²) in [6.07, 6.45) is 0.975. The number of rotatable bonds is 4. The SMILES string of the molecule is COc1ccc(N2CCCS2(=O)=O)cc1NC(=O)CC(C)(C)C. The lowest BCUT2D eigenvalue weighted by Crippen LogP contribution is -2.25. The highest BCUT2D eigenvalue weighted by Gasteiger charge is 2.29. The number of anilines is 2. The average Bonchev–Trinajstić information content (AvgIpc) is 2.76. The van der Waals surface area contributed by atoms with Crippen LogP contribution in [0.25, 0.3) is 0 Å². The predicted octanol–water partition coefficient (Wildman–Crippen LogP) is 2.61. The molecule has 0 bridgehead atoms. The highest BCUT2D eigenvalue weighted by molar-refractivity contribution is 7.93. The molecule has 0 saturated carbocycles. The number of hydrogen-bond donors (Lipinski definition) is 1. The minimum atomic E-state index is -3.25. The summed E-state index contributed by atoms with van der Waals surface area (Å²) >= 11 is 0. The zero-order valence-electron chi connectivity index (χ0n) is 14.0. The van der Waals surface area contributed by atoms with Gasteiger partial charge in [-0.1, -0.05) is 20.8 Å². The minimum absolute atomic E-state index is 0.128. The molecule has 0 atom stereocenters. The van der Waals surface area contributed by atoms with Crippen LogP contribution >= 0.6 is 0 Å². The van der Waals surface area contributed by atoms with E-state index < -0.39 is 10.0 Å². The third-order valence-electron chi connectivity index (χ3n) is 3.54. The molecule has 7 heteroatoms. The second-order valence-electron chi connectivity index (χ2n) is 6.91. The summed E-state index contributed by atoms with van der Waals surface area (Å²) in [6, 6.07) is 5.03. The van der Waals surface area contributed by atoms with Crippen LogP contribution < -0.4 is 14.4 Å². The molecule has 0 aliphatic carbocycles. The number of nitrogens with zero attached hydrogens (tertiary/aromatic N) is 1. The number of carbonyl (C=O) groups is 1. The molecule has 1 fully saturated rings. The highest BCUT2D eigenvalue weighted by atomic mass is 32.2. The number of methoxy groups -OCH3 is 1. The highest BCUT2D eigenvalue weighted by Crippen LogP contribution is 2.33. The number of benzene rings is 1. The third-order valence-corrected chi connectivity index (χ3v) is 5.40. The van der Waals surface area contributed by atoms with Gasteiger partial charge in [0.05, 0.1) is 24.2 Å². The standard InChI is InChI=1S/C16H24N2O4S/c1-16(2,3)11-15(19)17-13-10-12(6-7-14(13)22-4)18-8-5-9-23(18,20)21/h6-7,10H,5,8-9,11H2,1-4H3,(H,17,19). The van der Waals surface area contributed by atoms with Crippen LogP contribution in [0.3, 0.4) is 0 Å². The lowest BCUT2D eigenvalue weighted by atomic mass is 9.92. The Labute approximate surface area is 137 Å². The number of carbonyl (C=O) groups excluding carboxylic acids is 1. The number of ether oxygens (including phenoxy) is 1. The molecule has 23 heavy (non-hydrogen) atoms. The fourth-order valence-electron chi connectivity index (χ4n) is 2.55. The molecular weight excluding hydrogens is 316 g/mol. The Kier molecular flexibility index (Phi) is 4.89. The monoisotopic (exact) mass is 340 g/mol. The molecule has 0 radical (unpaired) electrons. The van der Waals surface area contributed by atoms with Crippen LogP contribution in [0.5, 0.6) is 5.75 Å². The van der Waals surface area contributed by atoms with Crippen molar-refractivity contribution in [3.05, 3.63) is 18.2 Å². The van der Waals surface area contributed by atoms with E-state index in [1.165, 1.54) is 11.4 Å². The topological polar surface area (TPSA) is 75.7 Å². The normalized spacial score (nSPS) is 17.1. The third kappa shape index (κ3) is 4.37. The molecule has 0 spiro atoms. The second-order valence-corrected chi connectivity index (χ2v) is 8.92. The van der Waals surface area contributed by atoms with Gasteiger partial charge in [0, 0.05) is 13.0 Å². The minimum Gasteiger partial charge on any atom is -0.495 e. The van der Waals surface area contributed by atoms with Crippen LogP contribution in [0.1, 0.15) is 33.6 Å². The zero-order chi connectivity index (χ0) is 17.3. The van der Waals surface area contributed by atoms with Gasteiger partial charge in [-0.05, 0) is 30.0 Å². The van der Waals surface area contributed by atoms with Crippen LogP contribution in [0.4, 0.5) is 11.4 Å². The van der Waals surface area contributed by atoms with Crippen molar-refractivity contribution in [3.8, 4) is 5.75 Å². The van der Waals surface area contributed by atoms with E-state index in [-0.39, 0.29) is 17.1 Å². The van der Waals surface area contributed by atoms with Gasteiger partial charge in [0.1, 0.15) is 5.75 Å². The Morgan fingerprint density at radius 3 is 2.57 bits per heavy atom. The van der Waals surface area contributed by atoms with E-state index >= 15 is 0 Å². The van der Waals surface area contributed by atoms with Crippen LogP contribution in [0, 0.1) is 5.41 Å². The first-order valence-electron chi connectivity index (χ1n) is 7.61. The van der Waals surface area contributed by atoms with Gasteiger partial charge in [-0.15, -0.1) is 0 Å².